The minimum atomic E-state index is 0.174. The molecule has 3 rings (SSSR count). The number of rotatable bonds is 3. The molecular weight excluding hydrogens is 222 g/mol. The predicted molar refractivity (Wildman–Crippen MR) is 72.4 cm³/mol. The smallest absolute Gasteiger partial charge is 0.246 e. The van der Waals surface area contributed by atoms with E-state index in [9.17, 15) is 4.79 Å². The normalized spacial score (nSPS) is 21.2. The van der Waals surface area contributed by atoms with E-state index in [0.717, 1.165) is 13.1 Å². The molecule has 1 aliphatic carbocycles. The third-order valence-corrected chi connectivity index (χ3v) is 4.37. The van der Waals surface area contributed by atoms with Crippen molar-refractivity contribution in [2.45, 2.75) is 31.6 Å². The van der Waals surface area contributed by atoms with Gasteiger partial charge in [-0.2, -0.15) is 0 Å². The highest BCUT2D eigenvalue weighted by Gasteiger charge is 2.41. The van der Waals surface area contributed by atoms with Gasteiger partial charge in [-0.05, 0) is 25.3 Å². The molecule has 0 bridgehead atoms. The van der Waals surface area contributed by atoms with Crippen LogP contribution in [0.2, 0.25) is 0 Å². The van der Waals surface area contributed by atoms with Gasteiger partial charge in [0.25, 0.3) is 0 Å². The van der Waals surface area contributed by atoms with E-state index in [1.165, 1.54) is 30.4 Å². The Balaban J connectivity index is 1.82. The Kier molecular flexibility index (Phi) is 2.73. The van der Waals surface area contributed by atoms with Crippen LogP contribution in [0.1, 0.15) is 30.4 Å². The second-order valence-electron chi connectivity index (χ2n) is 5.62. The molecule has 0 radical (unpaired) electrons. The molecule has 1 heterocycles. The molecule has 1 fully saturated rings. The van der Waals surface area contributed by atoms with E-state index in [4.69, 9.17) is 0 Å². The van der Waals surface area contributed by atoms with Gasteiger partial charge < -0.3 is 4.90 Å². The SMILES string of the molecule is Cc1ccc(C2(CN3CC=CC3=O)CCC2)cc1. The van der Waals surface area contributed by atoms with Crippen LogP contribution in [0.5, 0.6) is 0 Å². The van der Waals surface area contributed by atoms with Crippen molar-refractivity contribution in [3.63, 3.8) is 0 Å². The van der Waals surface area contributed by atoms with E-state index >= 15 is 0 Å². The molecule has 0 spiro atoms. The summed E-state index contributed by atoms with van der Waals surface area (Å²) in [7, 11) is 0. The van der Waals surface area contributed by atoms with Gasteiger partial charge in [0.05, 0.1) is 0 Å². The summed E-state index contributed by atoms with van der Waals surface area (Å²) in [6.45, 7) is 3.78. The van der Waals surface area contributed by atoms with E-state index in [1.54, 1.807) is 6.08 Å². The third-order valence-electron chi connectivity index (χ3n) is 4.37. The van der Waals surface area contributed by atoms with Crippen molar-refractivity contribution < 1.29 is 4.79 Å². The molecule has 1 saturated carbocycles. The lowest BCUT2D eigenvalue weighted by atomic mass is 9.64. The number of carbonyl (C=O) groups excluding carboxylic acids is 1. The summed E-state index contributed by atoms with van der Waals surface area (Å²) in [4.78, 5) is 13.7. The van der Waals surface area contributed by atoms with Gasteiger partial charge in [0.1, 0.15) is 0 Å². The fraction of sp³-hybridized carbons (Fsp3) is 0.438. The highest BCUT2D eigenvalue weighted by molar-refractivity contribution is 5.90. The lowest BCUT2D eigenvalue weighted by molar-refractivity contribution is -0.125. The Morgan fingerprint density at radius 3 is 2.44 bits per heavy atom. The maximum Gasteiger partial charge on any atom is 0.246 e. The Labute approximate surface area is 108 Å². The summed E-state index contributed by atoms with van der Waals surface area (Å²) in [5.41, 5.74) is 2.92. The minimum Gasteiger partial charge on any atom is -0.335 e. The van der Waals surface area contributed by atoms with E-state index < -0.39 is 0 Å². The molecule has 1 amide bonds. The molecule has 2 nitrogen and oxygen atoms in total. The molecule has 0 atom stereocenters. The average molecular weight is 241 g/mol. The summed E-state index contributed by atoms with van der Waals surface area (Å²) in [5.74, 6) is 0.174. The monoisotopic (exact) mass is 241 g/mol. The number of aryl methyl sites for hydroxylation is 1. The first-order chi connectivity index (χ1) is 8.70. The maximum atomic E-state index is 11.7. The molecule has 0 saturated heterocycles. The van der Waals surface area contributed by atoms with Crippen LogP contribution in [0.4, 0.5) is 0 Å². The number of amides is 1. The van der Waals surface area contributed by atoms with Crippen molar-refractivity contribution in [1.82, 2.24) is 4.90 Å². The molecule has 0 N–H and O–H groups in total. The molecule has 1 aromatic carbocycles. The zero-order valence-electron chi connectivity index (χ0n) is 10.9. The Morgan fingerprint density at radius 1 is 1.22 bits per heavy atom. The van der Waals surface area contributed by atoms with Gasteiger partial charge in [0.2, 0.25) is 5.91 Å². The van der Waals surface area contributed by atoms with Crippen LogP contribution in [0.15, 0.2) is 36.4 Å². The van der Waals surface area contributed by atoms with Gasteiger partial charge in [-0.15, -0.1) is 0 Å². The maximum absolute atomic E-state index is 11.7. The first-order valence-corrected chi connectivity index (χ1v) is 6.72. The molecule has 1 aromatic rings. The summed E-state index contributed by atoms with van der Waals surface area (Å²) in [5, 5.41) is 0. The van der Waals surface area contributed by atoms with Crippen molar-refractivity contribution >= 4 is 5.91 Å². The van der Waals surface area contributed by atoms with Crippen LogP contribution < -0.4 is 0 Å². The molecule has 2 heteroatoms. The molecule has 18 heavy (non-hydrogen) atoms. The van der Waals surface area contributed by atoms with Crippen molar-refractivity contribution in [3.05, 3.63) is 47.5 Å². The van der Waals surface area contributed by atoms with Gasteiger partial charge in [-0.25, -0.2) is 0 Å². The highest BCUT2D eigenvalue weighted by atomic mass is 16.2. The topological polar surface area (TPSA) is 20.3 Å². The number of benzene rings is 1. The van der Waals surface area contributed by atoms with Crippen LogP contribution in [-0.4, -0.2) is 23.9 Å². The summed E-state index contributed by atoms with van der Waals surface area (Å²) >= 11 is 0. The first-order valence-electron chi connectivity index (χ1n) is 6.72. The Hall–Kier alpha value is -1.57. The zero-order valence-corrected chi connectivity index (χ0v) is 10.9. The lowest BCUT2D eigenvalue weighted by Gasteiger charge is -2.45. The largest absolute Gasteiger partial charge is 0.335 e. The number of nitrogens with zero attached hydrogens (tertiary/aromatic N) is 1. The van der Waals surface area contributed by atoms with Crippen molar-refractivity contribution in [2.24, 2.45) is 0 Å². The Morgan fingerprint density at radius 2 is 1.94 bits per heavy atom. The fourth-order valence-electron chi connectivity index (χ4n) is 3.03. The third kappa shape index (κ3) is 1.86. The van der Waals surface area contributed by atoms with E-state index in [0.29, 0.717) is 0 Å². The van der Waals surface area contributed by atoms with Crippen LogP contribution in [0.3, 0.4) is 0 Å². The minimum absolute atomic E-state index is 0.174. The average Bonchev–Trinajstić information content (AvgIpc) is 2.71. The number of hydrogen-bond acceptors (Lipinski definition) is 1. The summed E-state index contributed by atoms with van der Waals surface area (Å²) in [6, 6.07) is 8.84. The molecule has 0 unspecified atom stereocenters. The molecule has 2 aliphatic rings. The van der Waals surface area contributed by atoms with Gasteiger partial charge in [-0.1, -0.05) is 42.3 Å². The predicted octanol–water partition coefficient (Wildman–Crippen LogP) is 2.82. The van der Waals surface area contributed by atoms with Gasteiger partial charge in [-0.3, -0.25) is 4.79 Å². The van der Waals surface area contributed by atoms with Gasteiger partial charge >= 0.3 is 0 Å². The molecule has 1 aliphatic heterocycles. The zero-order chi connectivity index (χ0) is 12.6. The molecule has 94 valence electrons. The van der Waals surface area contributed by atoms with E-state index in [2.05, 4.69) is 31.2 Å². The molecular formula is C16H19NO. The van der Waals surface area contributed by atoms with Crippen LogP contribution in [-0.2, 0) is 10.2 Å². The second-order valence-corrected chi connectivity index (χ2v) is 5.62. The van der Waals surface area contributed by atoms with Gasteiger partial charge in [0.15, 0.2) is 0 Å². The quantitative estimate of drug-likeness (QED) is 0.797. The van der Waals surface area contributed by atoms with Crippen LogP contribution >= 0.6 is 0 Å². The van der Waals surface area contributed by atoms with Crippen LogP contribution in [0.25, 0.3) is 0 Å². The van der Waals surface area contributed by atoms with E-state index in [-0.39, 0.29) is 11.3 Å². The fourth-order valence-corrected chi connectivity index (χ4v) is 3.03. The second kappa shape index (κ2) is 4.27. The number of carbonyl (C=O) groups is 1. The van der Waals surface area contributed by atoms with E-state index in [1.807, 2.05) is 11.0 Å². The van der Waals surface area contributed by atoms with Crippen molar-refractivity contribution in [3.8, 4) is 0 Å². The van der Waals surface area contributed by atoms with Gasteiger partial charge in [0, 0.05) is 24.6 Å². The molecule has 0 aromatic heterocycles. The Bertz CT molecular complexity index is 482. The summed E-state index contributed by atoms with van der Waals surface area (Å²) in [6.07, 6.45) is 7.36. The highest BCUT2D eigenvalue weighted by Crippen LogP contribution is 2.44. The first kappa shape index (κ1) is 11.5. The standard InChI is InChI=1S/C16H19NO/c1-13-5-7-14(8-6-13)16(9-3-10-16)12-17-11-2-4-15(17)18/h2,4-8H,3,9-12H2,1H3. The lowest BCUT2D eigenvalue weighted by Crippen LogP contribution is -2.46. The summed E-state index contributed by atoms with van der Waals surface area (Å²) < 4.78 is 0. The van der Waals surface area contributed by atoms with Crippen LogP contribution in [0, 0.1) is 6.92 Å². The van der Waals surface area contributed by atoms with Crippen molar-refractivity contribution in [1.29, 1.82) is 0 Å². The number of hydrogen-bond donors (Lipinski definition) is 0. The van der Waals surface area contributed by atoms with Crippen molar-refractivity contribution in [2.75, 3.05) is 13.1 Å².